The maximum atomic E-state index is 12.2. The van der Waals surface area contributed by atoms with Crippen LogP contribution in [0.3, 0.4) is 0 Å². The molecule has 0 aliphatic heterocycles. The van der Waals surface area contributed by atoms with E-state index in [1.165, 1.54) is 73.0 Å². The van der Waals surface area contributed by atoms with Gasteiger partial charge in [-0.3, -0.25) is 9.59 Å². The van der Waals surface area contributed by atoms with Crippen molar-refractivity contribution in [2.75, 3.05) is 24.6 Å². The summed E-state index contributed by atoms with van der Waals surface area (Å²) in [5.74, 6) is -1.55. The normalized spacial score (nSPS) is 12.5. The largest absolute Gasteiger partial charge is 0.480 e. The Balaban J connectivity index is 3.95. The van der Waals surface area contributed by atoms with E-state index in [9.17, 15) is 29.4 Å². The number of rotatable bonds is 33. The SMILES string of the molecule is NCCCCCCCCCCCC(=O)NC(CCSSCCC(NC(=O)CCCCCCCCCCCN)C(=O)O)C(=O)O. The molecule has 0 saturated heterocycles. The third kappa shape index (κ3) is 28.0. The molecule has 2 atom stereocenters. The second kappa shape index (κ2) is 31.5. The second-order valence-corrected chi connectivity index (χ2v) is 14.3. The number of carboxylic acids is 2. The van der Waals surface area contributed by atoms with Crippen LogP contribution in [0.15, 0.2) is 0 Å². The number of hydrogen-bond donors (Lipinski definition) is 6. The number of carboxylic acid groups (broad SMARTS) is 2. The minimum absolute atomic E-state index is 0.231. The highest BCUT2D eigenvalue weighted by molar-refractivity contribution is 8.76. The van der Waals surface area contributed by atoms with Crippen LogP contribution in [0.4, 0.5) is 0 Å². The average Bonchev–Trinajstić information content (AvgIpc) is 2.99. The first kappa shape index (κ1) is 42.5. The number of aliphatic carboxylic acids is 2. The fraction of sp³-hybridized carbons (Fsp3) is 0.875. The topological polar surface area (TPSA) is 185 Å². The van der Waals surface area contributed by atoms with Crippen LogP contribution >= 0.6 is 21.6 Å². The molecule has 8 N–H and O–H groups in total. The number of carbonyl (C=O) groups excluding carboxylic acids is 2. The first-order chi connectivity index (χ1) is 21.3. The highest BCUT2D eigenvalue weighted by atomic mass is 33.1. The van der Waals surface area contributed by atoms with Crippen LogP contribution in [0.25, 0.3) is 0 Å². The summed E-state index contributed by atoms with van der Waals surface area (Å²) in [7, 11) is 2.89. The molecular weight excluding hydrogens is 601 g/mol. The van der Waals surface area contributed by atoms with Crippen molar-refractivity contribution in [1.82, 2.24) is 10.6 Å². The monoisotopic (exact) mass is 662 g/mol. The molecule has 0 bridgehead atoms. The lowest BCUT2D eigenvalue weighted by molar-refractivity contribution is -0.142. The number of amides is 2. The molecule has 0 rings (SSSR count). The van der Waals surface area contributed by atoms with Crippen molar-refractivity contribution in [3.8, 4) is 0 Å². The molecule has 0 aromatic carbocycles. The average molecular weight is 663 g/mol. The van der Waals surface area contributed by atoms with E-state index < -0.39 is 24.0 Å². The fourth-order valence-corrected chi connectivity index (χ4v) is 7.02. The highest BCUT2D eigenvalue weighted by Crippen LogP contribution is 2.24. The zero-order valence-corrected chi connectivity index (χ0v) is 28.7. The van der Waals surface area contributed by atoms with Gasteiger partial charge in [0.2, 0.25) is 11.8 Å². The third-order valence-corrected chi connectivity index (χ3v) is 10.0. The summed E-state index contributed by atoms with van der Waals surface area (Å²) in [6.45, 7) is 1.52. The summed E-state index contributed by atoms with van der Waals surface area (Å²) in [4.78, 5) is 47.7. The Bertz CT molecular complexity index is 688. The van der Waals surface area contributed by atoms with Gasteiger partial charge in [-0.2, -0.15) is 0 Å². The van der Waals surface area contributed by atoms with E-state index in [4.69, 9.17) is 11.5 Å². The molecule has 0 heterocycles. The first-order valence-electron chi connectivity index (χ1n) is 17.0. The molecule has 0 saturated carbocycles. The van der Waals surface area contributed by atoms with Gasteiger partial charge in [0.1, 0.15) is 12.1 Å². The molecule has 0 aliphatic carbocycles. The Morgan fingerprint density at radius 1 is 0.477 bits per heavy atom. The molecule has 0 radical (unpaired) electrons. The third-order valence-electron chi connectivity index (χ3n) is 7.55. The van der Waals surface area contributed by atoms with E-state index in [0.29, 0.717) is 24.3 Å². The van der Waals surface area contributed by atoms with E-state index in [0.717, 1.165) is 77.3 Å². The fourth-order valence-electron chi connectivity index (χ4n) is 4.83. The lowest BCUT2D eigenvalue weighted by Gasteiger charge is -2.15. The summed E-state index contributed by atoms with van der Waals surface area (Å²) < 4.78 is 0. The first-order valence-corrected chi connectivity index (χ1v) is 19.5. The molecule has 2 unspecified atom stereocenters. The molecule has 10 nitrogen and oxygen atoms in total. The van der Waals surface area contributed by atoms with Gasteiger partial charge in [-0.05, 0) is 51.6 Å². The Morgan fingerprint density at radius 3 is 1.02 bits per heavy atom. The summed E-state index contributed by atoms with van der Waals surface area (Å²) in [6.07, 6.45) is 21.1. The summed E-state index contributed by atoms with van der Waals surface area (Å²) >= 11 is 0. The van der Waals surface area contributed by atoms with E-state index in [1.807, 2.05) is 0 Å². The van der Waals surface area contributed by atoms with Crippen LogP contribution in [0.5, 0.6) is 0 Å². The van der Waals surface area contributed by atoms with Crippen molar-refractivity contribution < 1.29 is 29.4 Å². The Hall–Kier alpha value is -1.50. The number of hydrogen-bond acceptors (Lipinski definition) is 8. The maximum Gasteiger partial charge on any atom is 0.326 e. The number of unbranched alkanes of at least 4 members (excludes halogenated alkanes) is 16. The van der Waals surface area contributed by atoms with Crippen molar-refractivity contribution in [2.24, 2.45) is 11.5 Å². The highest BCUT2D eigenvalue weighted by Gasteiger charge is 2.21. The van der Waals surface area contributed by atoms with E-state index in [1.54, 1.807) is 0 Å². The molecule has 258 valence electrons. The second-order valence-electron chi connectivity index (χ2n) is 11.6. The minimum Gasteiger partial charge on any atom is -0.480 e. The molecule has 44 heavy (non-hydrogen) atoms. The quantitative estimate of drug-likeness (QED) is 0.0359. The van der Waals surface area contributed by atoms with E-state index in [2.05, 4.69) is 10.6 Å². The summed E-state index contributed by atoms with van der Waals surface area (Å²) in [5, 5.41) is 24.3. The Morgan fingerprint density at radius 2 is 0.750 bits per heavy atom. The lowest BCUT2D eigenvalue weighted by Crippen LogP contribution is -2.41. The van der Waals surface area contributed by atoms with Gasteiger partial charge in [0.05, 0.1) is 0 Å². The number of carbonyl (C=O) groups is 4. The molecule has 0 aliphatic rings. The maximum absolute atomic E-state index is 12.2. The lowest BCUT2D eigenvalue weighted by atomic mass is 10.1. The Labute approximate surface area is 274 Å². The predicted octanol–water partition coefficient (Wildman–Crippen LogP) is 6.01. The van der Waals surface area contributed by atoms with Gasteiger partial charge in [-0.25, -0.2) is 9.59 Å². The van der Waals surface area contributed by atoms with E-state index >= 15 is 0 Å². The number of nitrogens with two attached hydrogens (primary N) is 2. The standard InChI is InChI=1S/C32H62N4O6S2/c33-23-17-13-9-5-1-3-7-11-15-19-29(37)35-27(31(39)40)21-25-43-44-26-22-28(32(41)42)36-30(38)20-16-12-8-4-2-6-10-14-18-24-34/h27-28H,1-26,33-34H2,(H,35,37)(H,36,38)(H,39,40)(H,41,42). The Kier molecular flexibility index (Phi) is 30.4. The van der Waals surface area contributed by atoms with Crippen LogP contribution in [-0.2, 0) is 19.2 Å². The van der Waals surface area contributed by atoms with Crippen molar-refractivity contribution in [1.29, 1.82) is 0 Å². The number of nitrogens with one attached hydrogen (secondary N) is 2. The van der Waals surface area contributed by atoms with Crippen LogP contribution < -0.4 is 22.1 Å². The zero-order chi connectivity index (χ0) is 32.7. The van der Waals surface area contributed by atoms with Crippen LogP contribution in [-0.4, -0.2) is 70.6 Å². The minimum atomic E-state index is -1.05. The van der Waals surface area contributed by atoms with Gasteiger partial charge < -0.3 is 32.3 Å². The van der Waals surface area contributed by atoms with Gasteiger partial charge in [0.15, 0.2) is 0 Å². The summed E-state index contributed by atoms with van der Waals surface area (Å²) in [5.41, 5.74) is 11.0. The van der Waals surface area contributed by atoms with Gasteiger partial charge in [0, 0.05) is 24.3 Å². The van der Waals surface area contributed by atoms with Gasteiger partial charge >= 0.3 is 11.9 Å². The van der Waals surface area contributed by atoms with Crippen LogP contribution in [0.2, 0.25) is 0 Å². The van der Waals surface area contributed by atoms with Crippen molar-refractivity contribution in [3.05, 3.63) is 0 Å². The molecule has 2 amide bonds. The molecule has 0 aromatic heterocycles. The molecule has 0 fully saturated rings. The smallest absolute Gasteiger partial charge is 0.326 e. The summed E-state index contributed by atoms with van der Waals surface area (Å²) in [6, 6.07) is -1.87. The van der Waals surface area contributed by atoms with Crippen LogP contribution in [0, 0.1) is 0 Å². The van der Waals surface area contributed by atoms with Crippen molar-refractivity contribution in [2.45, 2.75) is 153 Å². The van der Waals surface area contributed by atoms with Gasteiger partial charge in [0.25, 0.3) is 0 Å². The predicted molar refractivity (Wildman–Crippen MR) is 184 cm³/mol. The molecule has 0 aromatic rings. The van der Waals surface area contributed by atoms with Gasteiger partial charge in [-0.15, -0.1) is 0 Å². The van der Waals surface area contributed by atoms with Crippen LogP contribution in [0.1, 0.15) is 141 Å². The van der Waals surface area contributed by atoms with Crippen molar-refractivity contribution >= 4 is 45.3 Å². The molecule has 0 spiro atoms. The van der Waals surface area contributed by atoms with Crippen molar-refractivity contribution in [3.63, 3.8) is 0 Å². The zero-order valence-electron chi connectivity index (χ0n) is 27.0. The molecular formula is C32H62N4O6S2. The van der Waals surface area contributed by atoms with Gasteiger partial charge in [-0.1, -0.05) is 111 Å². The molecule has 12 heteroatoms. The van der Waals surface area contributed by atoms with E-state index in [-0.39, 0.29) is 24.7 Å².